The lowest BCUT2D eigenvalue weighted by Gasteiger charge is -2.61. The smallest absolute Gasteiger partial charge is 0.357 e. The van der Waals surface area contributed by atoms with Crippen molar-refractivity contribution in [1.82, 2.24) is 0 Å². The fraction of sp³-hybridized carbons (Fsp3) is 0.433. The molecule has 6 rings (SSSR count). The van der Waals surface area contributed by atoms with Crippen LogP contribution >= 0.6 is 0 Å². The molecular formula is C30H30O9. The Morgan fingerprint density at radius 2 is 1.90 bits per heavy atom. The lowest BCUT2D eigenvalue weighted by Crippen LogP contribution is -2.69. The van der Waals surface area contributed by atoms with Gasteiger partial charge in [0.25, 0.3) is 0 Å². The zero-order chi connectivity index (χ0) is 27.5. The molecule has 3 aliphatic carbocycles. The molecule has 2 aromatic rings. The third-order valence-electron chi connectivity index (χ3n) is 9.06. The van der Waals surface area contributed by atoms with Crippen molar-refractivity contribution >= 4 is 17.9 Å². The summed E-state index contributed by atoms with van der Waals surface area (Å²) in [5.74, 6) is -2.13. The van der Waals surface area contributed by atoms with Crippen LogP contribution in [0.25, 0.3) is 0 Å². The Kier molecular flexibility index (Phi) is 5.95. The standard InChI is InChI=1S/C30H30O9/c1-16-11-13-29-24-18-7-8-20(31)26(24)39-27(29)21(12-14-30(29,36)19(16)15-18)37-28(35)25(17-5-3-2-4-6-17)38-23(34)10-9-22(32)33/h2-8,12,16,19,25,27,31,36H,9-11,13-15H2,1H3,(H,32,33)/t16?,19-,25-,27-,29?,30+/m0/s1. The highest BCUT2D eigenvalue weighted by Crippen LogP contribution is 2.68. The summed E-state index contributed by atoms with van der Waals surface area (Å²) in [4.78, 5) is 36.9. The average molecular weight is 535 g/mol. The first-order valence-corrected chi connectivity index (χ1v) is 13.3. The highest BCUT2D eigenvalue weighted by atomic mass is 16.6. The van der Waals surface area contributed by atoms with Crippen molar-refractivity contribution in [3.05, 3.63) is 71.0 Å². The van der Waals surface area contributed by atoms with E-state index in [1.165, 1.54) is 0 Å². The Morgan fingerprint density at radius 1 is 1.13 bits per heavy atom. The molecule has 0 saturated heterocycles. The third-order valence-corrected chi connectivity index (χ3v) is 9.06. The molecule has 9 heteroatoms. The molecule has 1 saturated carbocycles. The Hall–Kier alpha value is -3.85. The molecule has 1 aliphatic heterocycles. The second-order valence-corrected chi connectivity index (χ2v) is 11.1. The highest BCUT2D eigenvalue weighted by Gasteiger charge is 2.72. The summed E-state index contributed by atoms with van der Waals surface area (Å²) in [6.07, 6.45) is 0.925. The van der Waals surface area contributed by atoms with Gasteiger partial charge < -0.3 is 29.5 Å². The van der Waals surface area contributed by atoms with Crippen molar-refractivity contribution < 1.29 is 43.9 Å². The molecular weight excluding hydrogens is 504 g/mol. The van der Waals surface area contributed by atoms with E-state index in [0.29, 0.717) is 24.2 Å². The van der Waals surface area contributed by atoms with E-state index in [2.05, 4.69) is 6.92 Å². The van der Waals surface area contributed by atoms with Crippen LogP contribution in [0.4, 0.5) is 0 Å². The maximum atomic E-state index is 13.6. The zero-order valence-electron chi connectivity index (χ0n) is 21.5. The second kappa shape index (κ2) is 9.12. The number of carbonyl (C=O) groups excluding carboxylic acids is 2. The van der Waals surface area contributed by atoms with Gasteiger partial charge in [-0.25, -0.2) is 4.79 Å². The lowest BCUT2D eigenvalue weighted by atomic mass is 9.45. The van der Waals surface area contributed by atoms with Gasteiger partial charge in [-0.1, -0.05) is 43.3 Å². The molecule has 2 bridgehead atoms. The number of carboxylic acids is 1. The number of aliphatic carboxylic acids is 1. The van der Waals surface area contributed by atoms with Crippen LogP contribution in [0, 0.1) is 11.8 Å². The van der Waals surface area contributed by atoms with E-state index in [9.17, 15) is 24.6 Å². The van der Waals surface area contributed by atoms with Crippen LogP contribution in [0.1, 0.15) is 61.8 Å². The van der Waals surface area contributed by atoms with E-state index in [1.54, 1.807) is 42.5 Å². The summed E-state index contributed by atoms with van der Waals surface area (Å²) in [5, 5.41) is 31.9. The predicted octanol–water partition coefficient (Wildman–Crippen LogP) is 3.70. The number of benzene rings is 2. The number of rotatable bonds is 7. The van der Waals surface area contributed by atoms with Crippen molar-refractivity contribution in [2.45, 2.75) is 68.7 Å². The number of hydrogen-bond donors (Lipinski definition) is 3. The van der Waals surface area contributed by atoms with Gasteiger partial charge in [0.2, 0.25) is 6.10 Å². The molecule has 4 aliphatic rings. The quantitative estimate of drug-likeness (QED) is 0.454. The summed E-state index contributed by atoms with van der Waals surface area (Å²) in [6.45, 7) is 2.15. The molecule has 0 radical (unpaired) electrons. The van der Waals surface area contributed by atoms with E-state index in [4.69, 9.17) is 19.3 Å². The molecule has 1 spiro atoms. The van der Waals surface area contributed by atoms with Gasteiger partial charge in [0.15, 0.2) is 17.6 Å². The van der Waals surface area contributed by atoms with E-state index >= 15 is 0 Å². The SMILES string of the molecule is CC1CCC23c4c5ccc(O)c4O[C@H]2C(OC(=O)[C@@H](OC(=O)CCC(=O)O)c2ccccc2)=CC[C@@]3(O)[C@H]1C5. The van der Waals surface area contributed by atoms with Gasteiger partial charge in [-0.15, -0.1) is 0 Å². The Morgan fingerprint density at radius 3 is 2.64 bits per heavy atom. The van der Waals surface area contributed by atoms with Crippen LogP contribution in [-0.4, -0.2) is 44.9 Å². The minimum atomic E-state index is -1.43. The van der Waals surface area contributed by atoms with Gasteiger partial charge >= 0.3 is 17.9 Å². The molecule has 3 N–H and O–H groups in total. The number of aromatic hydroxyl groups is 1. The van der Waals surface area contributed by atoms with Crippen molar-refractivity contribution in [1.29, 1.82) is 0 Å². The Bertz CT molecular complexity index is 1380. The minimum Gasteiger partial charge on any atom is -0.504 e. The van der Waals surface area contributed by atoms with Crippen LogP contribution in [0.2, 0.25) is 0 Å². The number of phenols is 1. The topological polar surface area (TPSA) is 140 Å². The molecule has 0 aromatic heterocycles. The van der Waals surface area contributed by atoms with Crippen LogP contribution < -0.4 is 4.74 Å². The predicted molar refractivity (Wildman–Crippen MR) is 136 cm³/mol. The van der Waals surface area contributed by atoms with Gasteiger partial charge in [-0.2, -0.15) is 0 Å². The molecule has 204 valence electrons. The molecule has 1 fully saturated rings. The summed E-state index contributed by atoms with van der Waals surface area (Å²) in [5.41, 5.74) is 0.154. The van der Waals surface area contributed by atoms with Crippen LogP contribution in [0.5, 0.6) is 11.5 Å². The van der Waals surface area contributed by atoms with Gasteiger partial charge in [0.1, 0.15) is 5.76 Å². The van der Waals surface area contributed by atoms with Crippen LogP contribution in [-0.2, 0) is 35.7 Å². The zero-order valence-corrected chi connectivity index (χ0v) is 21.5. The molecule has 2 unspecified atom stereocenters. The maximum Gasteiger partial charge on any atom is 0.357 e. The van der Waals surface area contributed by atoms with Crippen LogP contribution in [0.3, 0.4) is 0 Å². The van der Waals surface area contributed by atoms with Crippen molar-refractivity contribution in [2.24, 2.45) is 11.8 Å². The number of carboxylic acid groups (broad SMARTS) is 1. The van der Waals surface area contributed by atoms with Crippen LogP contribution in [0.15, 0.2) is 54.3 Å². The molecule has 39 heavy (non-hydrogen) atoms. The second-order valence-electron chi connectivity index (χ2n) is 11.1. The summed E-state index contributed by atoms with van der Waals surface area (Å²) >= 11 is 0. The number of carbonyl (C=O) groups is 3. The fourth-order valence-electron chi connectivity index (χ4n) is 7.26. The molecule has 2 aromatic carbocycles. The van der Waals surface area contributed by atoms with E-state index in [1.807, 2.05) is 6.07 Å². The number of esters is 2. The molecule has 9 nitrogen and oxygen atoms in total. The lowest BCUT2D eigenvalue weighted by molar-refractivity contribution is -0.177. The number of hydrogen-bond acceptors (Lipinski definition) is 8. The van der Waals surface area contributed by atoms with Gasteiger partial charge in [-0.3, -0.25) is 9.59 Å². The number of phenolic OH excluding ortho intramolecular Hbond substituents is 1. The van der Waals surface area contributed by atoms with Gasteiger partial charge in [0, 0.05) is 11.1 Å². The van der Waals surface area contributed by atoms with Crippen molar-refractivity contribution in [3.8, 4) is 11.5 Å². The normalized spacial score (nSPS) is 30.3. The fourth-order valence-corrected chi connectivity index (χ4v) is 7.26. The summed E-state index contributed by atoms with van der Waals surface area (Å²) in [7, 11) is 0. The first-order valence-electron chi connectivity index (χ1n) is 13.3. The van der Waals surface area contributed by atoms with Crippen molar-refractivity contribution in [3.63, 3.8) is 0 Å². The molecule has 6 atom stereocenters. The summed E-state index contributed by atoms with van der Waals surface area (Å²) in [6, 6.07) is 11.8. The maximum absolute atomic E-state index is 13.6. The first-order chi connectivity index (χ1) is 18.7. The first kappa shape index (κ1) is 25.4. The number of ether oxygens (including phenoxy) is 3. The van der Waals surface area contributed by atoms with E-state index < -0.39 is 54.0 Å². The van der Waals surface area contributed by atoms with Gasteiger partial charge in [0.05, 0.1) is 23.9 Å². The third kappa shape index (κ3) is 3.74. The average Bonchev–Trinajstić information content (AvgIpc) is 3.28. The highest BCUT2D eigenvalue weighted by molar-refractivity contribution is 5.83. The minimum absolute atomic E-state index is 0.0268. The molecule has 0 amide bonds. The monoisotopic (exact) mass is 534 g/mol. The van der Waals surface area contributed by atoms with E-state index in [-0.39, 0.29) is 29.8 Å². The van der Waals surface area contributed by atoms with Crippen molar-refractivity contribution in [2.75, 3.05) is 0 Å². The van der Waals surface area contributed by atoms with Gasteiger partial charge in [-0.05, 0) is 55.2 Å². The largest absolute Gasteiger partial charge is 0.504 e. The van der Waals surface area contributed by atoms with E-state index in [0.717, 1.165) is 17.5 Å². The summed E-state index contributed by atoms with van der Waals surface area (Å²) < 4.78 is 17.6. The number of aliphatic hydroxyl groups is 1. The Balaban J connectivity index is 1.35. The molecule has 1 heterocycles. The Labute approximate surface area is 225 Å².